The van der Waals surface area contributed by atoms with Gasteiger partial charge in [-0.3, -0.25) is 4.79 Å². The zero-order valence-electron chi connectivity index (χ0n) is 15.2. The molecule has 2 aromatic carbocycles. The number of methoxy groups -OCH3 is 1. The molecule has 28 heavy (non-hydrogen) atoms. The van der Waals surface area contributed by atoms with Gasteiger partial charge in [-0.1, -0.05) is 23.7 Å². The van der Waals surface area contributed by atoms with E-state index in [1.54, 1.807) is 24.3 Å². The van der Waals surface area contributed by atoms with Crippen molar-refractivity contribution in [2.75, 3.05) is 17.7 Å². The largest absolute Gasteiger partial charge is 0.465 e. The van der Waals surface area contributed by atoms with Gasteiger partial charge < -0.3 is 15.4 Å². The number of halogens is 1. The van der Waals surface area contributed by atoms with Crippen molar-refractivity contribution in [2.45, 2.75) is 6.92 Å². The van der Waals surface area contributed by atoms with Crippen LogP contribution in [0.3, 0.4) is 0 Å². The zero-order chi connectivity index (χ0) is 20.1. The predicted molar refractivity (Wildman–Crippen MR) is 107 cm³/mol. The molecule has 0 atom stereocenters. The molecule has 0 spiro atoms. The lowest BCUT2D eigenvalue weighted by Crippen LogP contribution is -2.14. The third-order valence-corrected chi connectivity index (χ3v) is 4.14. The summed E-state index contributed by atoms with van der Waals surface area (Å²) in [5.41, 5.74) is 2.70. The third-order valence-electron chi connectivity index (χ3n) is 3.81. The van der Waals surface area contributed by atoms with Crippen LogP contribution < -0.4 is 10.6 Å². The van der Waals surface area contributed by atoms with Crippen LogP contribution in [-0.2, 0) is 4.74 Å². The minimum absolute atomic E-state index is 0.168. The van der Waals surface area contributed by atoms with Crippen molar-refractivity contribution in [3.05, 3.63) is 76.7 Å². The molecule has 1 aromatic heterocycles. The summed E-state index contributed by atoms with van der Waals surface area (Å²) in [6.45, 7) is 1.94. The molecule has 7 nitrogen and oxygen atoms in total. The number of hydrogen-bond acceptors (Lipinski definition) is 6. The standard InChI is InChI=1S/C20H17ClN4O3/c1-12-4-3-5-14(8-12)24-19(26)17-10-23-18(11-22-17)25-16-9-13(20(27)28-2)6-7-15(16)21/h3-11H,1-2H3,(H,23,25)(H,24,26). The molecule has 0 fully saturated rings. The van der Waals surface area contributed by atoms with Crippen molar-refractivity contribution >= 4 is 40.7 Å². The topological polar surface area (TPSA) is 93.2 Å². The van der Waals surface area contributed by atoms with E-state index in [1.165, 1.54) is 19.5 Å². The number of rotatable bonds is 5. The Kier molecular flexibility index (Phi) is 5.86. The van der Waals surface area contributed by atoms with Crippen LogP contribution in [-0.4, -0.2) is 29.0 Å². The number of amides is 1. The van der Waals surface area contributed by atoms with E-state index in [-0.39, 0.29) is 11.6 Å². The molecule has 0 bridgehead atoms. The molecule has 0 unspecified atom stereocenters. The molecular weight excluding hydrogens is 380 g/mol. The van der Waals surface area contributed by atoms with Gasteiger partial charge in [0.1, 0.15) is 11.5 Å². The lowest BCUT2D eigenvalue weighted by molar-refractivity contribution is 0.0600. The minimum atomic E-state index is -0.478. The SMILES string of the molecule is COC(=O)c1ccc(Cl)c(Nc2cnc(C(=O)Nc3cccc(C)c3)cn2)c1. The van der Waals surface area contributed by atoms with Gasteiger partial charge in [0.2, 0.25) is 0 Å². The second-order valence-electron chi connectivity index (χ2n) is 5.92. The maximum Gasteiger partial charge on any atom is 0.337 e. The Hall–Kier alpha value is -3.45. The molecular formula is C20H17ClN4O3. The van der Waals surface area contributed by atoms with Gasteiger partial charge in [-0.15, -0.1) is 0 Å². The van der Waals surface area contributed by atoms with Gasteiger partial charge in [-0.25, -0.2) is 14.8 Å². The van der Waals surface area contributed by atoms with E-state index in [2.05, 4.69) is 20.6 Å². The summed E-state index contributed by atoms with van der Waals surface area (Å²) < 4.78 is 4.70. The van der Waals surface area contributed by atoms with E-state index in [0.717, 1.165) is 5.56 Å². The molecule has 0 radical (unpaired) electrons. The molecule has 0 saturated heterocycles. The van der Waals surface area contributed by atoms with Crippen LogP contribution in [0, 0.1) is 6.92 Å². The summed E-state index contributed by atoms with van der Waals surface area (Å²) in [6, 6.07) is 12.1. The Morgan fingerprint density at radius 2 is 1.89 bits per heavy atom. The van der Waals surface area contributed by atoms with Gasteiger partial charge in [0.05, 0.1) is 35.8 Å². The van der Waals surface area contributed by atoms with Crippen molar-refractivity contribution in [1.82, 2.24) is 9.97 Å². The fourth-order valence-corrected chi connectivity index (χ4v) is 2.60. The summed E-state index contributed by atoms with van der Waals surface area (Å²) in [4.78, 5) is 32.3. The highest BCUT2D eigenvalue weighted by Crippen LogP contribution is 2.26. The highest BCUT2D eigenvalue weighted by molar-refractivity contribution is 6.33. The first-order valence-electron chi connectivity index (χ1n) is 8.31. The number of aromatic nitrogens is 2. The lowest BCUT2D eigenvalue weighted by atomic mass is 10.2. The van der Waals surface area contributed by atoms with Crippen LogP contribution in [0.15, 0.2) is 54.9 Å². The van der Waals surface area contributed by atoms with Crippen molar-refractivity contribution < 1.29 is 14.3 Å². The van der Waals surface area contributed by atoms with Crippen LogP contribution in [0.25, 0.3) is 0 Å². The van der Waals surface area contributed by atoms with Crippen LogP contribution in [0.5, 0.6) is 0 Å². The smallest absolute Gasteiger partial charge is 0.337 e. The number of hydrogen-bond donors (Lipinski definition) is 2. The molecule has 0 aliphatic rings. The van der Waals surface area contributed by atoms with E-state index in [0.29, 0.717) is 27.8 Å². The summed E-state index contributed by atoms with van der Waals surface area (Å²) in [5, 5.41) is 6.14. The minimum Gasteiger partial charge on any atom is -0.465 e. The number of esters is 1. The maximum absolute atomic E-state index is 12.3. The Labute approximate surface area is 166 Å². The molecule has 0 saturated carbocycles. The first-order chi connectivity index (χ1) is 13.5. The Balaban J connectivity index is 1.72. The molecule has 142 valence electrons. The molecule has 3 aromatic rings. The lowest BCUT2D eigenvalue weighted by Gasteiger charge is -2.10. The normalized spacial score (nSPS) is 10.2. The number of ether oxygens (including phenoxy) is 1. The predicted octanol–water partition coefficient (Wildman–Crippen LogP) is 4.22. The van der Waals surface area contributed by atoms with Crippen molar-refractivity contribution in [3.8, 4) is 0 Å². The second kappa shape index (κ2) is 8.49. The number of carbonyl (C=O) groups is 2. The van der Waals surface area contributed by atoms with Crippen molar-refractivity contribution in [1.29, 1.82) is 0 Å². The molecule has 8 heteroatoms. The molecule has 2 N–H and O–H groups in total. The fraction of sp³-hybridized carbons (Fsp3) is 0.100. The van der Waals surface area contributed by atoms with E-state index >= 15 is 0 Å². The number of nitrogens with zero attached hydrogens (tertiary/aromatic N) is 2. The number of carbonyl (C=O) groups excluding carboxylic acids is 2. The van der Waals surface area contributed by atoms with E-state index in [1.807, 2.05) is 25.1 Å². The summed E-state index contributed by atoms with van der Waals surface area (Å²) >= 11 is 6.15. The summed E-state index contributed by atoms with van der Waals surface area (Å²) in [5.74, 6) is -0.472. The number of benzene rings is 2. The number of nitrogens with one attached hydrogen (secondary N) is 2. The average Bonchev–Trinajstić information content (AvgIpc) is 2.69. The summed E-state index contributed by atoms with van der Waals surface area (Å²) in [7, 11) is 1.30. The Morgan fingerprint density at radius 1 is 1.07 bits per heavy atom. The number of anilines is 3. The highest BCUT2D eigenvalue weighted by Gasteiger charge is 2.11. The van der Waals surface area contributed by atoms with E-state index in [4.69, 9.17) is 16.3 Å². The van der Waals surface area contributed by atoms with Crippen LogP contribution >= 0.6 is 11.6 Å². The Morgan fingerprint density at radius 3 is 2.57 bits per heavy atom. The molecule has 1 amide bonds. The first-order valence-corrected chi connectivity index (χ1v) is 8.69. The molecule has 1 heterocycles. The zero-order valence-corrected chi connectivity index (χ0v) is 15.9. The number of aryl methyl sites for hydroxylation is 1. The van der Waals surface area contributed by atoms with Gasteiger partial charge in [0, 0.05) is 5.69 Å². The summed E-state index contributed by atoms with van der Waals surface area (Å²) in [6.07, 6.45) is 2.76. The molecule has 3 rings (SSSR count). The van der Waals surface area contributed by atoms with Crippen LogP contribution in [0.4, 0.5) is 17.2 Å². The van der Waals surface area contributed by atoms with Crippen molar-refractivity contribution in [2.24, 2.45) is 0 Å². The highest BCUT2D eigenvalue weighted by atomic mass is 35.5. The van der Waals surface area contributed by atoms with Gasteiger partial charge >= 0.3 is 5.97 Å². The second-order valence-corrected chi connectivity index (χ2v) is 6.33. The first kappa shape index (κ1) is 19.3. The van der Waals surface area contributed by atoms with Crippen LogP contribution in [0.1, 0.15) is 26.4 Å². The van der Waals surface area contributed by atoms with E-state index in [9.17, 15) is 9.59 Å². The molecule has 0 aliphatic heterocycles. The third kappa shape index (κ3) is 4.63. The quantitative estimate of drug-likeness (QED) is 0.627. The van der Waals surface area contributed by atoms with Crippen LogP contribution in [0.2, 0.25) is 5.02 Å². The van der Waals surface area contributed by atoms with Gasteiger partial charge in [0.15, 0.2) is 0 Å². The van der Waals surface area contributed by atoms with Gasteiger partial charge in [-0.05, 0) is 42.8 Å². The maximum atomic E-state index is 12.3. The van der Waals surface area contributed by atoms with Crippen molar-refractivity contribution in [3.63, 3.8) is 0 Å². The van der Waals surface area contributed by atoms with Gasteiger partial charge in [-0.2, -0.15) is 0 Å². The monoisotopic (exact) mass is 396 g/mol. The Bertz CT molecular complexity index is 1020. The molecule has 0 aliphatic carbocycles. The van der Waals surface area contributed by atoms with E-state index < -0.39 is 5.97 Å². The fourth-order valence-electron chi connectivity index (χ4n) is 2.43. The van der Waals surface area contributed by atoms with Gasteiger partial charge in [0.25, 0.3) is 5.91 Å². The average molecular weight is 397 g/mol.